The molecule has 0 N–H and O–H groups in total. The van der Waals surface area contributed by atoms with Crippen molar-refractivity contribution in [2.45, 2.75) is 39.7 Å². The quantitative estimate of drug-likeness (QED) is 0.801. The van der Waals surface area contributed by atoms with Gasteiger partial charge in [-0.2, -0.15) is 0 Å². The number of ketones is 1. The van der Waals surface area contributed by atoms with Gasteiger partial charge in [0.15, 0.2) is 5.78 Å². The van der Waals surface area contributed by atoms with Crippen LogP contribution in [0.3, 0.4) is 0 Å². The van der Waals surface area contributed by atoms with E-state index in [1.807, 2.05) is 64.9 Å². The lowest BCUT2D eigenvalue weighted by Crippen LogP contribution is -2.26. The van der Waals surface area contributed by atoms with Crippen LogP contribution < -0.4 is 4.90 Å². The molecular weight excluding hydrogens is 292 g/mol. The molecular formula is C18H24N2O3. The summed E-state index contributed by atoms with van der Waals surface area (Å²) in [5, 5.41) is 0.772. The van der Waals surface area contributed by atoms with Gasteiger partial charge in [0.05, 0.1) is 5.52 Å². The molecule has 0 fully saturated rings. The second-order valence-electron chi connectivity index (χ2n) is 6.77. The van der Waals surface area contributed by atoms with E-state index >= 15 is 0 Å². The van der Waals surface area contributed by atoms with Crippen molar-refractivity contribution in [2.24, 2.45) is 0 Å². The number of carbonyl (C=O) groups is 2. The number of rotatable bonds is 3. The maximum atomic E-state index is 12.5. The van der Waals surface area contributed by atoms with Crippen LogP contribution in [-0.2, 0) is 4.74 Å². The highest BCUT2D eigenvalue weighted by Crippen LogP contribution is 2.27. The van der Waals surface area contributed by atoms with Gasteiger partial charge in [-0.3, -0.25) is 9.36 Å². The van der Waals surface area contributed by atoms with E-state index in [9.17, 15) is 9.59 Å². The van der Waals surface area contributed by atoms with E-state index in [-0.39, 0.29) is 5.78 Å². The van der Waals surface area contributed by atoms with E-state index in [0.717, 1.165) is 11.1 Å². The minimum Gasteiger partial charge on any atom is -0.443 e. The molecule has 0 saturated carbocycles. The van der Waals surface area contributed by atoms with Crippen molar-refractivity contribution in [3.8, 4) is 0 Å². The number of hydrogen-bond acceptors (Lipinski definition) is 4. The van der Waals surface area contributed by atoms with Crippen molar-refractivity contribution >= 4 is 28.5 Å². The second-order valence-corrected chi connectivity index (χ2v) is 6.77. The first kappa shape index (κ1) is 17.1. The summed E-state index contributed by atoms with van der Waals surface area (Å²) in [6, 6.07) is 5.72. The zero-order valence-electron chi connectivity index (χ0n) is 14.6. The van der Waals surface area contributed by atoms with E-state index in [2.05, 4.69) is 0 Å². The molecule has 5 heteroatoms. The SMILES string of the molecule is CCC(=O)c1cn(C(=O)OC(C)(C)C)c2cc(N(C)C)ccc12. The van der Waals surface area contributed by atoms with Gasteiger partial charge in [-0.25, -0.2) is 4.79 Å². The monoisotopic (exact) mass is 316 g/mol. The largest absolute Gasteiger partial charge is 0.443 e. The molecule has 0 aliphatic rings. The van der Waals surface area contributed by atoms with Crippen molar-refractivity contribution in [3.63, 3.8) is 0 Å². The van der Waals surface area contributed by atoms with Crippen LogP contribution in [0.15, 0.2) is 24.4 Å². The molecule has 0 aliphatic heterocycles. The van der Waals surface area contributed by atoms with Gasteiger partial charge >= 0.3 is 6.09 Å². The van der Waals surface area contributed by atoms with Crippen LogP contribution in [0.25, 0.3) is 10.9 Å². The van der Waals surface area contributed by atoms with Gasteiger partial charge in [0.2, 0.25) is 0 Å². The predicted octanol–water partition coefficient (Wildman–Crippen LogP) is 4.08. The van der Waals surface area contributed by atoms with Crippen molar-refractivity contribution in [2.75, 3.05) is 19.0 Å². The Morgan fingerprint density at radius 1 is 1.22 bits per heavy atom. The Bertz CT molecular complexity index is 751. The number of hydrogen-bond donors (Lipinski definition) is 0. The first-order valence-electron chi connectivity index (χ1n) is 7.73. The molecule has 0 bridgehead atoms. The Balaban J connectivity index is 2.64. The molecule has 2 aromatic rings. The molecule has 0 atom stereocenters. The Morgan fingerprint density at radius 3 is 2.39 bits per heavy atom. The molecule has 0 unspecified atom stereocenters. The van der Waals surface area contributed by atoms with E-state index in [1.165, 1.54) is 4.57 Å². The molecule has 23 heavy (non-hydrogen) atoms. The summed E-state index contributed by atoms with van der Waals surface area (Å²) < 4.78 is 6.89. The predicted molar refractivity (Wildman–Crippen MR) is 92.5 cm³/mol. The fourth-order valence-electron chi connectivity index (χ4n) is 2.37. The van der Waals surface area contributed by atoms with Gasteiger partial charge in [-0.1, -0.05) is 13.0 Å². The standard InChI is InChI=1S/C18H24N2O3/c1-7-16(21)14-11-20(17(22)23-18(2,3)4)15-10-12(19(5)6)8-9-13(14)15/h8-11H,7H2,1-6H3. The Morgan fingerprint density at radius 2 is 1.87 bits per heavy atom. The van der Waals surface area contributed by atoms with Crippen molar-refractivity contribution in [1.82, 2.24) is 4.57 Å². The number of aromatic nitrogens is 1. The first-order valence-corrected chi connectivity index (χ1v) is 7.73. The summed E-state index contributed by atoms with van der Waals surface area (Å²) >= 11 is 0. The third-order valence-corrected chi connectivity index (χ3v) is 3.52. The summed E-state index contributed by atoms with van der Waals surface area (Å²) in [4.78, 5) is 26.6. The lowest BCUT2D eigenvalue weighted by Gasteiger charge is -2.20. The zero-order chi connectivity index (χ0) is 17.4. The van der Waals surface area contributed by atoms with E-state index in [0.29, 0.717) is 17.5 Å². The molecule has 1 aromatic carbocycles. The molecule has 5 nitrogen and oxygen atoms in total. The van der Waals surface area contributed by atoms with Crippen molar-refractivity contribution in [3.05, 3.63) is 30.0 Å². The number of fused-ring (bicyclic) bond motifs is 1. The van der Waals surface area contributed by atoms with Crippen LogP contribution in [0.1, 0.15) is 44.5 Å². The molecule has 124 valence electrons. The average molecular weight is 316 g/mol. The van der Waals surface area contributed by atoms with Crippen LogP contribution in [0.4, 0.5) is 10.5 Å². The normalized spacial score (nSPS) is 11.6. The van der Waals surface area contributed by atoms with Crippen LogP contribution in [-0.4, -0.2) is 36.1 Å². The van der Waals surface area contributed by atoms with Gasteiger partial charge in [-0.15, -0.1) is 0 Å². The lowest BCUT2D eigenvalue weighted by molar-refractivity contribution is 0.0544. The van der Waals surface area contributed by atoms with Crippen LogP contribution in [0, 0.1) is 0 Å². The highest BCUT2D eigenvalue weighted by atomic mass is 16.6. The summed E-state index contributed by atoms with van der Waals surface area (Å²) in [6.45, 7) is 7.27. The van der Waals surface area contributed by atoms with Crippen molar-refractivity contribution in [1.29, 1.82) is 0 Å². The molecule has 0 amide bonds. The van der Waals surface area contributed by atoms with Crippen LogP contribution in [0.5, 0.6) is 0 Å². The minimum atomic E-state index is -0.595. The van der Waals surface area contributed by atoms with Gasteiger partial charge in [-0.05, 0) is 32.9 Å². The third kappa shape index (κ3) is 3.55. The number of nitrogens with zero attached hydrogens (tertiary/aromatic N) is 2. The highest BCUT2D eigenvalue weighted by molar-refractivity contribution is 6.10. The van der Waals surface area contributed by atoms with Gasteiger partial charge in [0, 0.05) is 43.4 Å². The third-order valence-electron chi connectivity index (χ3n) is 3.52. The summed E-state index contributed by atoms with van der Waals surface area (Å²) in [7, 11) is 3.86. The van der Waals surface area contributed by atoms with Gasteiger partial charge in [0.25, 0.3) is 0 Å². The first-order chi connectivity index (χ1) is 10.6. The molecule has 0 spiro atoms. The molecule has 1 aromatic heterocycles. The second kappa shape index (κ2) is 6.07. The maximum Gasteiger partial charge on any atom is 0.419 e. The number of anilines is 1. The number of ether oxygens (including phenoxy) is 1. The van der Waals surface area contributed by atoms with Gasteiger partial charge in [0.1, 0.15) is 5.60 Å². The summed E-state index contributed by atoms with van der Waals surface area (Å²) in [6.07, 6.45) is 1.50. The smallest absolute Gasteiger partial charge is 0.419 e. The molecule has 0 radical (unpaired) electrons. The van der Waals surface area contributed by atoms with Crippen LogP contribution >= 0.6 is 0 Å². The molecule has 1 heterocycles. The molecule has 0 aliphatic carbocycles. The summed E-state index contributed by atoms with van der Waals surface area (Å²) in [5.41, 5.74) is 1.60. The topological polar surface area (TPSA) is 51.5 Å². The average Bonchev–Trinajstić information content (AvgIpc) is 2.83. The number of benzene rings is 1. The zero-order valence-corrected chi connectivity index (χ0v) is 14.6. The van der Waals surface area contributed by atoms with Crippen LogP contribution in [0.2, 0.25) is 0 Å². The number of Topliss-reactive ketones (excluding diaryl/α,β-unsaturated/α-hetero) is 1. The van der Waals surface area contributed by atoms with Crippen molar-refractivity contribution < 1.29 is 14.3 Å². The minimum absolute atomic E-state index is 0.00918. The maximum absolute atomic E-state index is 12.5. The fourth-order valence-corrected chi connectivity index (χ4v) is 2.37. The highest BCUT2D eigenvalue weighted by Gasteiger charge is 2.22. The molecule has 0 saturated heterocycles. The Labute approximate surface area is 136 Å². The fraction of sp³-hybridized carbons (Fsp3) is 0.444. The van der Waals surface area contributed by atoms with Gasteiger partial charge < -0.3 is 9.64 Å². The Hall–Kier alpha value is -2.30. The lowest BCUT2D eigenvalue weighted by atomic mass is 10.1. The molecule has 2 rings (SSSR count). The number of carbonyl (C=O) groups excluding carboxylic acids is 2. The van der Waals surface area contributed by atoms with E-state index < -0.39 is 11.7 Å². The Kier molecular flexibility index (Phi) is 4.50. The van der Waals surface area contributed by atoms with E-state index in [1.54, 1.807) is 6.20 Å². The van der Waals surface area contributed by atoms with E-state index in [4.69, 9.17) is 4.74 Å². The summed E-state index contributed by atoms with van der Waals surface area (Å²) in [5.74, 6) is 0.00918.